The molecule has 0 heterocycles. The van der Waals surface area contributed by atoms with Crippen molar-refractivity contribution in [1.29, 1.82) is 0 Å². The van der Waals surface area contributed by atoms with Crippen LogP contribution in [0.2, 0.25) is 0 Å². The lowest BCUT2D eigenvalue weighted by molar-refractivity contribution is 0.591. The molecule has 0 aliphatic heterocycles. The van der Waals surface area contributed by atoms with Gasteiger partial charge in [-0.1, -0.05) is 85.9 Å². The van der Waals surface area contributed by atoms with E-state index < -0.39 is 9.84 Å². The van der Waals surface area contributed by atoms with Crippen LogP contribution in [0, 0.1) is 0 Å². The molecule has 3 heteroatoms. The minimum atomic E-state index is -3.13. The van der Waals surface area contributed by atoms with Crippen LogP contribution in [0.4, 0.5) is 0 Å². The first-order valence-electron chi connectivity index (χ1n) is 10.7. The van der Waals surface area contributed by atoms with Crippen molar-refractivity contribution in [3.05, 3.63) is 91.1 Å². The molecule has 0 saturated carbocycles. The van der Waals surface area contributed by atoms with E-state index in [-0.39, 0.29) is 5.75 Å². The highest BCUT2D eigenvalue weighted by Gasteiger charge is 2.12. The lowest BCUT2D eigenvalue weighted by Crippen LogP contribution is -2.06. The van der Waals surface area contributed by atoms with Crippen LogP contribution in [0.3, 0.4) is 0 Å². The third-order valence-corrected chi connectivity index (χ3v) is 6.11. The van der Waals surface area contributed by atoms with Crippen molar-refractivity contribution in [2.75, 3.05) is 5.75 Å². The zero-order valence-corrected chi connectivity index (χ0v) is 18.6. The van der Waals surface area contributed by atoms with Crippen molar-refractivity contribution in [2.24, 2.45) is 0 Å². The number of rotatable bonds is 15. The van der Waals surface area contributed by atoms with Crippen LogP contribution in [-0.4, -0.2) is 14.2 Å². The number of hydrogen-bond acceptors (Lipinski definition) is 2. The van der Waals surface area contributed by atoms with Crippen LogP contribution in [0.1, 0.15) is 58.3 Å². The van der Waals surface area contributed by atoms with E-state index in [9.17, 15) is 8.42 Å². The molecule has 0 aliphatic rings. The lowest BCUT2D eigenvalue weighted by atomic mass is 10.2. The van der Waals surface area contributed by atoms with Gasteiger partial charge in [-0.15, -0.1) is 0 Å². The van der Waals surface area contributed by atoms with Crippen LogP contribution in [0.5, 0.6) is 0 Å². The quantitative estimate of drug-likeness (QED) is 0.222. The van der Waals surface area contributed by atoms with E-state index in [1.54, 1.807) is 24.3 Å². The average molecular weight is 413 g/mol. The molecule has 0 bridgehead atoms. The highest BCUT2D eigenvalue weighted by molar-refractivity contribution is 7.91. The average Bonchev–Trinajstić information content (AvgIpc) is 2.73. The maximum absolute atomic E-state index is 12.2. The summed E-state index contributed by atoms with van der Waals surface area (Å²) in [5.74, 6) is 0.224. The van der Waals surface area contributed by atoms with E-state index in [0.717, 1.165) is 44.9 Å². The molecule has 1 aromatic rings. The fourth-order valence-electron chi connectivity index (χ4n) is 2.67. The predicted molar refractivity (Wildman–Crippen MR) is 127 cm³/mol. The van der Waals surface area contributed by atoms with Crippen molar-refractivity contribution < 1.29 is 8.42 Å². The van der Waals surface area contributed by atoms with E-state index in [1.165, 1.54) is 0 Å². The Morgan fingerprint density at radius 2 is 1.14 bits per heavy atom. The molecule has 0 aromatic heterocycles. The Balaban J connectivity index is 2.03. The highest BCUT2D eigenvalue weighted by Crippen LogP contribution is 2.12. The molecule has 0 saturated heterocycles. The summed E-state index contributed by atoms with van der Waals surface area (Å²) in [6.45, 7) is 2.15. The van der Waals surface area contributed by atoms with Crippen LogP contribution < -0.4 is 0 Å². The van der Waals surface area contributed by atoms with Gasteiger partial charge in [0.2, 0.25) is 0 Å². The molecule has 0 N–H and O–H groups in total. The Morgan fingerprint density at radius 1 is 0.655 bits per heavy atom. The van der Waals surface area contributed by atoms with Gasteiger partial charge in [-0.2, -0.15) is 0 Å². The second-order valence-corrected chi connectivity index (χ2v) is 8.94. The van der Waals surface area contributed by atoms with Crippen molar-refractivity contribution in [2.45, 2.75) is 63.2 Å². The maximum Gasteiger partial charge on any atom is 0.178 e. The van der Waals surface area contributed by atoms with Gasteiger partial charge in [0.1, 0.15) is 0 Å². The summed E-state index contributed by atoms with van der Waals surface area (Å²) >= 11 is 0. The highest BCUT2D eigenvalue weighted by atomic mass is 32.2. The molecule has 0 unspecified atom stereocenters. The maximum atomic E-state index is 12.2. The van der Waals surface area contributed by atoms with Gasteiger partial charge in [0.25, 0.3) is 0 Å². The summed E-state index contributed by atoms with van der Waals surface area (Å²) in [5.41, 5.74) is 0. The molecular weight excluding hydrogens is 376 g/mol. The summed E-state index contributed by atoms with van der Waals surface area (Å²) in [4.78, 5) is 0.426. The molecule has 2 nitrogen and oxygen atoms in total. The molecule has 0 fully saturated rings. The van der Waals surface area contributed by atoms with Gasteiger partial charge in [0.05, 0.1) is 10.6 Å². The summed E-state index contributed by atoms with van der Waals surface area (Å²) < 4.78 is 24.3. The fourth-order valence-corrected chi connectivity index (χ4v) is 4.06. The molecule has 0 atom stereocenters. The molecule has 0 amide bonds. The SMILES string of the molecule is CC/C=C\C/C=C\C/C=C\C/C=C\C/C=C\CCCCS(=O)(=O)c1ccccc1. The van der Waals surface area contributed by atoms with E-state index in [2.05, 4.69) is 67.7 Å². The Labute approximate surface area is 178 Å². The number of hydrogen-bond donors (Lipinski definition) is 0. The van der Waals surface area contributed by atoms with Gasteiger partial charge in [0, 0.05) is 0 Å². The Morgan fingerprint density at radius 3 is 1.66 bits per heavy atom. The molecule has 29 heavy (non-hydrogen) atoms. The Bertz CT molecular complexity index is 766. The van der Waals surface area contributed by atoms with Crippen molar-refractivity contribution in [3.63, 3.8) is 0 Å². The van der Waals surface area contributed by atoms with Crippen LogP contribution >= 0.6 is 0 Å². The Kier molecular flexibility index (Phi) is 14.4. The molecule has 0 aliphatic carbocycles. The second kappa shape index (κ2) is 16.8. The molecule has 1 aromatic carbocycles. The number of sulfone groups is 1. The number of unbranched alkanes of at least 4 members (excludes halogenated alkanes) is 2. The normalized spacial score (nSPS) is 13.1. The van der Waals surface area contributed by atoms with Crippen molar-refractivity contribution in [3.8, 4) is 0 Å². The first kappa shape index (κ1) is 24.9. The molecule has 0 radical (unpaired) electrons. The fraction of sp³-hybridized carbons (Fsp3) is 0.385. The summed E-state index contributed by atoms with van der Waals surface area (Å²) in [6, 6.07) is 8.70. The summed E-state index contributed by atoms with van der Waals surface area (Å²) in [6.07, 6.45) is 29.4. The lowest BCUT2D eigenvalue weighted by Gasteiger charge is -2.03. The van der Waals surface area contributed by atoms with Gasteiger partial charge in [0.15, 0.2) is 9.84 Å². The first-order chi connectivity index (χ1) is 14.2. The van der Waals surface area contributed by atoms with Gasteiger partial charge in [-0.05, 0) is 63.5 Å². The minimum absolute atomic E-state index is 0.224. The van der Waals surface area contributed by atoms with E-state index in [0.29, 0.717) is 11.3 Å². The zero-order chi connectivity index (χ0) is 21.0. The third-order valence-electron chi connectivity index (χ3n) is 4.29. The molecular formula is C26H36O2S. The summed E-state index contributed by atoms with van der Waals surface area (Å²) in [5, 5.41) is 0. The monoisotopic (exact) mass is 412 g/mol. The predicted octanol–water partition coefficient (Wildman–Crippen LogP) is 7.38. The second-order valence-electron chi connectivity index (χ2n) is 6.84. The van der Waals surface area contributed by atoms with Crippen LogP contribution in [0.25, 0.3) is 0 Å². The van der Waals surface area contributed by atoms with Gasteiger partial charge < -0.3 is 0 Å². The van der Waals surface area contributed by atoms with Crippen molar-refractivity contribution >= 4 is 9.84 Å². The van der Waals surface area contributed by atoms with Gasteiger partial charge >= 0.3 is 0 Å². The number of benzene rings is 1. The molecule has 0 spiro atoms. The van der Waals surface area contributed by atoms with E-state index >= 15 is 0 Å². The molecule has 1 rings (SSSR count). The molecule has 158 valence electrons. The van der Waals surface area contributed by atoms with Crippen LogP contribution in [-0.2, 0) is 9.84 Å². The third kappa shape index (κ3) is 13.6. The standard InChI is InChI=1S/C26H36O2S/c1-2-3-4-5-6-7-8-9-10-11-12-13-14-15-16-17-18-22-25-29(27,28)26-23-20-19-21-24-26/h3-4,6-7,9-10,12-13,15-16,19-21,23-24H,2,5,8,11,14,17-18,22,25H2,1H3/b4-3-,7-6-,10-9-,13-12-,16-15-. The van der Waals surface area contributed by atoms with E-state index in [4.69, 9.17) is 0 Å². The Hall–Kier alpha value is -2.13. The topological polar surface area (TPSA) is 34.1 Å². The van der Waals surface area contributed by atoms with E-state index in [1.807, 2.05) is 6.07 Å². The first-order valence-corrected chi connectivity index (χ1v) is 12.3. The largest absolute Gasteiger partial charge is 0.224 e. The smallest absolute Gasteiger partial charge is 0.178 e. The minimum Gasteiger partial charge on any atom is -0.224 e. The number of allylic oxidation sites excluding steroid dienone is 10. The zero-order valence-electron chi connectivity index (χ0n) is 17.7. The van der Waals surface area contributed by atoms with Gasteiger partial charge in [-0.3, -0.25) is 0 Å². The van der Waals surface area contributed by atoms with Gasteiger partial charge in [-0.25, -0.2) is 8.42 Å². The summed E-state index contributed by atoms with van der Waals surface area (Å²) in [7, 11) is -3.13. The van der Waals surface area contributed by atoms with Crippen LogP contribution in [0.15, 0.2) is 96.0 Å². The van der Waals surface area contributed by atoms with Crippen molar-refractivity contribution in [1.82, 2.24) is 0 Å².